The van der Waals surface area contributed by atoms with E-state index in [1.165, 1.54) is 11.8 Å². The van der Waals surface area contributed by atoms with Crippen molar-refractivity contribution >= 4 is 29.1 Å². The van der Waals surface area contributed by atoms with Gasteiger partial charge in [-0.25, -0.2) is 9.97 Å². The van der Waals surface area contributed by atoms with E-state index in [2.05, 4.69) is 9.97 Å². The van der Waals surface area contributed by atoms with Gasteiger partial charge in [-0.3, -0.25) is 0 Å². The fourth-order valence-electron chi connectivity index (χ4n) is 0.574. The minimum atomic E-state index is 0.238. The molecule has 0 aliphatic carbocycles. The van der Waals surface area contributed by atoms with Crippen LogP contribution in [0.25, 0.3) is 0 Å². The summed E-state index contributed by atoms with van der Waals surface area (Å²) < 4.78 is 0. The van der Waals surface area contributed by atoms with Crippen LogP contribution in [0.3, 0.4) is 0 Å². The SMILES string of the molecule is CSc1nc(N)c(N)c(N)n1. The third kappa shape index (κ3) is 1.45. The minimum Gasteiger partial charge on any atom is -0.393 e. The number of thioether (sulfide) groups is 1. The lowest BCUT2D eigenvalue weighted by Crippen LogP contribution is -2.05. The van der Waals surface area contributed by atoms with Crippen molar-refractivity contribution in [3.05, 3.63) is 0 Å². The first-order valence-electron chi connectivity index (χ1n) is 2.87. The number of hydrogen-bond acceptors (Lipinski definition) is 6. The zero-order valence-electron chi connectivity index (χ0n) is 6.03. The summed E-state index contributed by atoms with van der Waals surface area (Å²) in [5.41, 5.74) is 16.5. The molecule has 60 valence electrons. The van der Waals surface area contributed by atoms with Gasteiger partial charge in [-0.05, 0) is 6.26 Å². The topological polar surface area (TPSA) is 104 Å². The Balaban J connectivity index is 3.21. The van der Waals surface area contributed by atoms with Gasteiger partial charge in [0, 0.05) is 0 Å². The number of anilines is 3. The van der Waals surface area contributed by atoms with Crippen molar-refractivity contribution in [1.29, 1.82) is 0 Å². The Morgan fingerprint density at radius 1 is 1.09 bits per heavy atom. The molecule has 0 bridgehead atoms. The highest BCUT2D eigenvalue weighted by Gasteiger charge is 2.04. The van der Waals surface area contributed by atoms with Crippen molar-refractivity contribution in [3.63, 3.8) is 0 Å². The van der Waals surface area contributed by atoms with Crippen LogP contribution in [-0.2, 0) is 0 Å². The fraction of sp³-hybridized carbons (Fsp3) is 0.200. The molecule has 0 radical (unpaired) electrons. The molecule has 1 aromatic heterocycles. The van der Waals surface area contributed by atoms with Crippen LogP contribution in [0.4, 0.5) is 17.3 Å². The standard InChI is InChI=1S/C5H9N5S/c1-11-5-9-3(7)2(6)4(8)10-5/h6H2,1H3,(H4,7,8,9,10). The van der Waals surface area contributed by atoms with Gasteiger partial charge < -0.3 is 17.2 Å². The molecule has 6 N–H and O–H groups in total. The normalized spacial score (nSPS) is 9.91. The van der Waals surface area contributed by atoms with E-state index in [-0.39, 0.29) is 17.3 Å². The lowest BCUT2D eigenvalue weighted by Gasteiger charge is -2.03. The van der Waals surface area contributed by atoms with E-state index < -0.39 is 0 Å². The molecule has 0 amide bonds. The highest BCUT2D eigenvalue weighted by molar-refractivity contribution is 7.98. The van der Waals surface area contributed by atoms with Crippen LogP contribution in [0.5, 0.6) is 0 Å². The second-order valence-electron chi connectivity index (χ2n) is 1.89. The van der Waals surface area contributed by atoms with Gasteiger partial charge in [0.05, 0.1) is 0 Å². The Labute approximate surface area is 68.4 Å². The molecular weight excluding hydrogens is 162 g/mol. The molecule has 0 saturated carbocycles. The van der Waals surface area contributed by atoms with Crippen LogP contribution >= 0.6 is 11.8 Å². The van der Waals surface area contributed by atoms with Gasteiger partial charge in [0.25, 0.3) is 0 Å². The minimum absolute atomic E-state index is 0.238. The van der Waals surface area contributed by atoms with Crippen LogP contribution in [-0.4, -0.2) is 16.2 Å². The summed E-state index contributed by atoms with van der Waals surface area (Å²) in [6, 6.07) is 0. The van der Waals surface area contributed by atoms with E-state index in [9.17, 15) is 0 Å². The molecule has 1 rings (SSSR count). The summed E-state index contributed by atoms with van der Waals surface area (Å²) in [6.07, 6.45) is 1.84. The average Bonchev–Trinajstić information content (AvgIpc) is 1.99. The van der Waals surface area contributed by atoms with Crippen LogP contribution in [0.2, 0.25) is 0 Å². The number of rotatable bonds is 1. The Morgan fingerprint density at radius 2 is 1.55 bits per heavy atom. The van der Waals surface area contributed by atoms with Gasteiger partial charge in [-0.1, -0.05) is 11.8 Å². The van der Waals surface area contributed by atoms with Crippen LogP contribution in [0.1, 0.15) is 0 Å². The van der Waals surface area contributed by atoms with Crippen molar-refractivity contribution < 1.29 is 0 Å². The molecule has 0 aliphatic rings. The smallest absolute Gasteiger partial charge is 0.191 e. The highest BCUT2D eigenvalue weighted by atomic mass is 32.2. The first-order chi connectivity index (χ1) is 5.15. The fourth-order valence-corrected chi connectivity index (χ4v) is 0.953. The molecule has 6 heteroatoms. The summed E-state index contributed by atoms with van der Waals surface area (Å²) in [6.45, 7) is 0. The quantitative estimate of drug-likeness (QED) is 0.404. The first kappa shape index (κ1) is 7.93. The van der Waals surface area contributed by atoms with Crippen LogP contribution in [0, 0.1) is 0 Å². The molecule has 1 heterocycles. The van der Waals surface area contributed by atoms with Crippen molar-refractivity contribution in [1.82, 2.24) is 9.97 Å². The van der Waals surface area contributed by atoms with E-state index in [0.29, 0.717) is 5.16 Å². The molecule has 0 aromatic carbocycles. The Bertz CT molecular complexity index is 251. The Hall–Kier alpha value is -1.17. The third-order valence-electron chi connectivity index (χ3n) is 1.17. The zero-order valence-corrected chi connectivity index (χ0v) is 6.85. The average molecular weight is 171 g/mol. The van der Waals surface area contributed by atoms with Crippen LogP contribution in [0.15, 0.2) is 5.16 Å². The maximum atomic E-state index is 5.43. The lowest BCUT2D eigenvalue weighted by atomic mass is 10.4. The second kappa shape index (κ2) is 2.83. The molecule has 0 fully saturated rings. The van der Waals surface area contributed by atoms with Gasteiger partial charge in [-0.15, -0.1) is 0 Å². The summed E-state index contributed by atoms with van der Waals surface area (Å²) >= 11 is 1.37. The van der Waals surface area contributed by atoms with Gasteiger partial charge >= 0.3 is 0 Å². The van der Waals surface area contributed by atoms with Gasteiger partial charge in [0.2, 0.25) is 0 Å². The molecular formula is C5H9N5S. The Morgan fingerprint density at radius 3 is 1.91 bits per heavy atom. The highest BCUT2D eigenvalue weighted by Crippen LogP contribution is 2.21. The predicted molar refractivity (Wildman–Crippen MR) is 47.1 cm³/mol. The van der Waals surface area contributed by atoms with E-state index in [1.54, 1.807) is 0 Å². The molecule has 0 saturated heterocycles. The summed E-state index contributed by atoms with van der Waals surface area (Å²) in [5, 5.41) is 0.536. The molecule has 0 atom stereocenters. The van der Waals surface area contributed by atoms with Gasteiger partial charge in [0.1, 0.15) is 5.69 Å². The van der Waals surface area contributed by atoms with Crippen molar-refractivity contribution in [2.45, 2.75) is 5.16 Å². The van der Waals surface area contributed by atoms with E-state index >= 15 is 0 Å². The van der Waals surface area contributed by atoms with Crippen molar-refractivity contribution in [3.8, 4) is 0 Å². The molecule has 0 spiro atoms. The number of hydrogen-bond donors (Lipinski definition) is 3. The van der Waals surface area contributed by atoms with Crippen molar-refractivity contribution in [2.75, 3.05) is 23.5 Å². The number of nitrogens with zero attached hydrogens (tertiary/aromatic N) is 2. The molecule has 0 aliphatic heterocycles. The molecule has 1 aromatic rings. The summed E-state index contributed by atoms with van der Waals surface area (Å²) in [4.78, 5) is 7.75. The maximum absolute atomic E-state index is 5.43. The van der Waals surface area contributed by atoms with E-state index in [1.807, 2.05) is 6.26 Å². The predicted octanol–water partition coefficient (Wildman–Crippen LogP) is -0.0549. The molecule has 11 heavy (non-hydrogen) atoms. The first-order valence-corrected chi connectivity index (χ1v) is 4.10. The van der Waals surface area contributed by atoms with Crippen LogP contribution < -0.4 is 17.2 Å². The van der Waals surface area contributed by atoms with E-state index in [4.69, 9.17) is 17.2 Å². The largest absolute Gasteiger partial charge is 0.393 e. The van der Waals surface area contributed by atoms with Gasteiger partial charge in [-0.2, -0.15) is 0 Å². The van der Waals surface area contributed by atoms with Crippen molar-refractivity contribution in [2.24, 2.45) is 0 Å². The monoisotopic (exact) mass is 171 g/mol. The summed E-state index contributed by atoms with van der Waals surface area (Å²) in [5.74, 6) is 0.476. The van der Waals surface area contributed by atoms with E-state index in [0.717, 1.165) is 0 Å². The molecule has 0 unspecified atom stereocenters. The summed E-state index contributed by atoms with van der Waals surface area (Å²) in [7, 11) is 0. The number of nitrogens with two attached hydrogens (primary N) is 3. The maximum Gasteiger partial charge on any atom is 0.191 e. The zero-order chi connectivity index (χ0) is 8.43. The lowest BCUT2D eigenvalue weighted by molar-refractivity contribution is 0.992. The molecule has 5 nitrogen and oxygen atoms in total. The second-order valence-corrected chi connectivity index (χ2v) is 2.67. The number of aromatic nitrogens is 2. The number of nitrogen functional groups attached to an aromatic ring is 3. The Kier molecular flexibility index (Phi) is 2.04. The van der Waals surface area contributed by atoms with Gasteiger partial charge in [0.15, 0.2) is 16.8 Å². The third-order valence-corrected chi connectivity index (χ3v) is 1.71.